The van der Waals surface area contributed by atoms with Gasteiger partial charge in [0.25, 0.3) is 0 Å². The second-order valence-electron chi connectivity index (χ2n) is 15.3. The van der Waals surface area contributed by atoms with Crippen molar-refractivity contribution in [3.8, 4) is 27.9 Å². The SMILES string of the molecule is c1ccc(N(c2ccc(-c3ccc(-n4c5ccccc5c5c6sc7ccccc7c6ccc54)cc3)cc2)c2ccc(-c3ccc4c(ccc5ccccc54)c3)cc2)cc1. The Morgan fingerprint density at radius 3 is 1.64 bits per heavy atom. The fourth-order valence-corrected chi connectivity index (χ4v) is 10.4. The molecule has 0 aliphatic rings. The van der Waals surface area contributed by atoms with Crippen molar-refractivity contribution in [1.82, 2.24) is 4.57 Å². The molecule has 12 aromatic rings. The van der Waals surface area contributed by atoms with Crippen LogP contribution in [0.25, 0.3) is 91.5 Å². The van der Waals surface area contributed by atoms with Crippen LogP contribution in [-0.2, 0) is 0 Å². The van der Waals surface area contributed by atoms with E-state index in [4.69, 9.17) is 0 Å². The lowest BCUT2D eigenvalue weighted by atomic mass is 9.97. The Morgan fingerprint density at radius 1 is 0.339 bits per heavy atom. The fraction of sp³-hybridized carbons (Fsp3) is 0. The number of para-hydroxylation sites is 2. The third-order valence-corrected chi connectivity index (χ3v) is 13.2. The lowest BCUT2D eigenvalue weighted by Crippen LogP contribution is -2.09. The van der Waals surface area contributed by atoms with Crippen molar-refractivity contribution >= 4 is 91.9 Å². The van der Waals surface area contributed by atoms with Crippen LogP contribution in [-0.4, -0.2) is 4.57 Å². The van der Waals surface area contributed by atoms with Crippen LogP contribution in [0, 0.1) is 0 Å². The van der Waals surface area contributed by atoms with Crippen molar-refractivity contribution in [3.63, 3.8) is 0 Å². The fourth-order valence-electron chi connectivity index (χ4n) is 9.14. The highest BCUT2D eigenvalue weighted by Crippen LogP contribution is 2.44. The van der Waals surface area contributed by atoms with Crippen molar-refractivity contribution < 1.29 is 0 Å². The molecule has 0 bridgehead atoms. The summed E-state index contributed by atoms with van der Waals surface area (Å²) in [5.74, 6) is 0. The number of aromatic nitrogens is 1. The lowest BCUT2D eigenvalue weighted by molar-refractivity contribution is 1.18. The number of fused-ring (bicyclic) bond motifs is 10. The van der Waals surface area contributed by atoms with Crippen molar-refractivity contribution in [2.45, 2.75) is 0 Å². The largest absolute Gasteiger partial charge is 0.311 e. The molecule has 0 saturated carbocycles. The van der Waals surface area contributed by atoms with Crippen molar-refractivity contribution in [2.24, 2.45) is 0 Å². The van der Waals surface area contributed by atoms with E-state index >= 15 is 0 Å². The zero-order valence-electron chi connectivity index (χ0n) is 32.1. The van der Waals surface area contributed by atoms with Crippen LogP contribution >= 0.6 is 11.3 Å². The zero-order chi connectivity index (χ0) is 38.9. The summed E-state index contributed by atoms with van der Waals surface area (Å²) in [7, 11) is 0. The highest BCUT2D eigenvalue weighted by molar-refractivity contribution is 7.26. The molecule has 0 aliphatic heterocycles. The molecular formula is C56H36N2S. The van der Waals surface area contributed by atoms with Crippen LogP contribution in [0.1, 0.15) is 0 Å². The van der Waals surface area contributed by atoms with E-state index in [0.29, 0.717) is 0 Å². The number of hydrogen-bond acceptors (Lipinski definition) is 2. The predicted octanol–water partition coefficient (Wildman–Crippen LogP) is 16.3. The van der Waals surface area contributed by atoms with Crippen LogP contribution in [0.3, 0.4) is 0 Å². The van der Waals surface area contributed by atoms with Gasteiger partial charge in [0.2, 0.25) is 0 Å². The first-order chi connectivity index (χ1) is 29.2. The van der Waals surface area contributed by atoms with E-state index in [9.17, 15) is 0 Å². The second kappa shape index (κ2) is 13.6. The molecule has 59 heavy (non-hydrogen) atoms. The molecule has 276 valence electrons. The molecule has 0 radical (unpaired) electrons. The minimum atomic E-state index is 1.11. The summed E-state index contributed by atoms with van der Waals surface area (Å²) >= 11 is 1.90. The molecule has 10 aromatic carbocycles. The summed E-state index contributed by atoms with van der Waals surface area (Å²) < 4.78 is 5.11. The second-order valence-corrected chi connectivity index (χ2v) is 16.4. The Labute approximate surface area is 346 Å². The van der Waals surface area contributed by atoms with Crippen LogP contribution in [0.2, 0.25) is 0 Å². The highest BCUT2D eigenvalue weighted by Gasteiger charge is 2.18. The van der Waals surface area contributed by atoms with Crippen LogP contribution < -0.4 is 4.90 Å². The van der Waals surface area contributed by atoms with Crippen molar-refractivity contribution in [2.75, 3.05) is 4.90 Å². The third kappa shape index (κ3) is 5.55. The van der Waals surface area contributed by atoms with Crippen molar-refractivity contribution in [1.29, 1.82) is 0 Å². The first kappa shape index (κ1) is 33.7. The average Bonchev–Trinajstić information content (AvgIpc) is 3.86. The smallest absolute Gasteiger partial charge is 0.0555 e. The Balaban J connectivity index is 0.867. The Kier molecular flexibility index (Phi) is 7.75. The van der Waals surface area contributed by atoms with E-state index in [-0.39, 0.29) is 0 Å². The Bertz CT molecular complexity index is 3520. The summed E-state index contributed by atoms with van der Waals surface area (Å²) in [6, 6.07) is 79.7. The van der Waals surface area contributed by atoms with Gasteiger partial charge in [-0.3, -0.25) is 0 Å². The van der Waals surface area contributed by atoms with Gasteiger partial charge in [-0.05, 0) is 117 Å². The maximum absolute atomic E-state index is 2.42. The van der Waals surface area contributed by atoms with Gasteiger partial charge in [0.15, 0.2) is 0 Å². The van der Waals surface area contributed by atoms with Gasteiger partial charge in [-0.1, -0.05) is 146 Å². The number of hydrogen-bond donors (Lipinski definition) is 0. The molecule has 3 heteroatoms. The van der Waals surface area contributed by atoms with E-state index in [0.717, 1.165) is 22.7 Å². The third-order valence-electron chi connectivity index (χ3n) is 12.0. The number of nitrogens with zero attached hydrogens (tertiary/aromatic N) is 2. The van der Waals surface area contributed by atoms with Crippen LogP contribution in [0.4, 0.5) is 17.1 Å². The molecule has 0 fully saturated rings. The van der Waals surface area contributed by atoms with Gasteiger partial charge >= 0.3 is 0 Å². The van der Waals surface area contributed by atoms with Crippen molar-refractivity contribution in [3.05, 3.63) is 218 Å². The highest BCUT2D eigenvalue weighted by atomic mass is 32.1. The molecule has 0 spiro atoms. The zero-order valence-corrected chi connectivity index (χ0v) is 32.9. The van der Waals surface area contributed by atoms with E-state index < -0.39 is 0 Å². The Morgan fingerprint density at radius 2 is 0.881 bits per heavy atom. The Hall–Kier alpha value is -7.46. The van der Waals surface area contributed by atoms with Gasteiger partial charge < -0.3 is 9.47 Å². The van der Waals surface area contributed by atoms with Crippen LogP contribution in [0.5, 0.6) is 0 Å². The molecule has 0 N–H and O–H groups in total. The van der Waals surface area contributed by atoms with Gasteiger partial charge in [-0.25, -0.2) is 0 Å². The number of benzene rings is 10. The summed E-state index contributed by atoms with van der Waals surface area (Å²) in [5.41, 5.74) is 11.8. The van der Waals surface area contributed by atoms with Gasteiger partial charge in [0.05, 0.1) is 11.0 Å². The number of thiophene rings is 1. The standard InChI is InChI=1S/C56H36N2S/c1-2-11-43(12-3-1)57(45-29-24-39(25-30-45)41-26-33-48-42(36-41)19-18-40-10-4-5-13-47(40)48)44-27-20-37(21-28-44)38-22-31-46(32-23-38)58-52-16-8-6-15-51(52)55-53(58)35-34-50-49-14-7-9-17-54(49)59-56(50)55/h1-36H. The molecule has 0 unspecified atom stereocenters. The first-order valence-electron chi connectivity index (χ1n) is 20.2. The molecule has 0 amide bonds. The minimum Gasteiger partial charge on any atom is -0.311 e. The quantitative estimate of drug-likeness (QED) is 0.153. The minimum absolute atomic E-state index is 1.11. The molecule has 0 saturated heterocycles. The topological polar surface area (TPSA) is 8.17 Å². The maximum Gasteiger partial charge on any atom is 0.0555 e. The predicted molar refractivity (Wildman–Crippen MR) is 254 cm³/mol. The number of anilines is 3. The summed E-state index contributed by atoms with van der Waals surface area (Å²) in [6.07, 6.45) is 0. The first-order valence-corrected chi connectivity index (χ1v) is 21.0. The van der Waals surface area contributed by atoms with E-state index in [1.165, 1.54) is 85.8 Å². The molecule has 2 nitrogen and oxygen atoms in total. The summed E-state index contributed by atoms with van der Waals surface area (Å²) in [6.45, 7) is 0. The van der Waals surface area contributed by atoms with Gasteiger partial charge in [0, 0.05) is 53.7 Å². The normalized spacial score (nSPS) is 11.7. The molecule has 12 rings (SSSR count). The molecular weight excluding hydrogens is 733 g/mol. The molecule has 0 aliphatic carbocycles. The monoisotopic (exact) mass is 768 g/mol. The summed E-state index contributed by atoms with van der Waals surface area (Å²) in [5, 5.41) is 10.4. The number of rotatable bonds is 6. The van der Waals surface area contributed by atoms with E-state index in [1.54, 1.807) is 0 Å². The van der Waals surface area contributed by atoms with Crippen LogP contribution in [0.15, 0.2) is 218 Å². The van der Waals surface area contributed by atoms with E-state index in [2.05, 4.69) is 228 Å². The van der Waals surface area contributed by atoms with Gasteiger partial charge in [0.1, 0.15) is 0 Å². The molecule has 0 atom stereocenters. The van der Waals surface area contributed by atoms with Gasteiger partial charge in [-0.15, -0.1) is 11.3 Å². The lowest BCUT2D eigenvalue weighted by Gasteiger charge is -2.26. The summed E-state index contributed by atoms with van der Waals surface area (Å²) in [4.78, 5) is 2.33. The van der Waals surface area contributed by atoms with E-state index in [1.807, 2.05) is 11.3 Å². The molecule has 2 heterocycles. The average molecular weight is 769 g/mol. The molecule has 2 aromatic heterocycles. The maximum atomic E-state index is 2.42. The van der Waals surface area contributed by atoms with Gasteiger partial charge in [-0.2, -0.15) is 0 Å².